The number of sulfonamides is 1. The number of hydrogen-bond acceptors (Lipinski definition) is 5. The Labute approximate surface area is 254 Å². The molecule has 3 aromatic carbocycles. The lowest BCUT2D eigenvalue weighted by atomic mass is 10.0. The summed E-state index contributed by atoms with van der Waals surface area (Å²) in [6, 6.07) is 22.8. The Morgan fingerprint density at radius 2 is 1.64 bits per heavy atom. The van der Waals surface area contributed by atoms with Crippen molar-refractivity contribution in [1.82, 2.24) is 10.2 Å². The number of benzene rings is 3. The zero-order valence-electron chi connectivity index (χ0n) is 24.5. The summed E-state index contributed by atoms with van der Waals surface area (Å²) in [4.78, 5) is 29.0. The van der Waals surface area contributed by atoms with Crippen LogP contribution < -0.4 is 14.4 Å². The second kappa shape index (κ2) is 16.2. The van der Waals surface area contributed by atoms with Gasteiger partial charge in [-0.25, -0.2) is 8.42 Å². The molecule has 0 fully saturated rings. The maximum absolute atomic E-state index is 13.9. The van der Waals surface area contributed by atoms with Crippen molar-refractivity contribution in [2.24, 2.45) is 0 Å². The van der Waals surface area contributed by atoms with E-state index < -0.39 is 16.1 Å². The van der Waals surface area contributed by atoms with Gasteiger partial charge in [0.2, 0.25) is 21.8 Å². The molecule has 1 atom stereocenters. The molecule has 42 heavy (non-hydrogen) atoms. The second-order valence-electron chi connectivity index (χ2n) is 10.1. The number of nitrogens with zero attached hydrogens (tertiary/aromatic N) is 2. The molecule has 3 rings (SSSR count). The van der Waals surface area contributed by atoms with Gasteiger partial charge in [-0.3, -0.25) is 13.9 Å². The molecule has 8 nitrogen and oxygen atoms in total. The van der Waals surface area contributed by atoms with Crippen LogP contribution in [-0.2, 0) is 32.6 Å². The summed E-state index contributed by atoms with van der Waals surface area (Å²) in [5.41, 5.74) is 2.21. The van der Waals surface area contributed by atoms with Crippen LogP contribution in [-0.4, -0.2) is 57.6 Å². The van der Waals surface area contributed by atoms with E-state index in [0.29, 0.717) is 29.4 Å². The van der Waals surface area contributed by atoms with Gasteiger partial charge in [0.25, 0.3) is 0 Å². The Hall–Kier alpha value is -3.56. The highest BCUT2D eigenvalue weighted by Crippen LogP contribution is 2.23. The van der Waals surface area contributed by atoms with Gasteiger partial charge in [-0.15, -0.1) is 0 Å². The monoisotopic (exact) mass is 613 g/mol. The lowest BCUT2D eigenvalue weighted by molar-refractivity contribution is -0.141. The van der Waals surface area contributed by atoms with Crippen molar-refractivity contribution >= 4 is 39.1 Å². The fourth-order valence-corrected chi connectivity index (χ4v) is 5.82. The average Bonchev–Trinajstić information content (AvgIpc) is 2.97. The van der Waals surface area contributed by atoms with Crippen LogP contribution in [0.3, 0.4) is 0 Å². The molecule has 0 bridgehead atoms. The molecule has 2 amide bonds. The largest absolute Gasteiger partial charge is 0.497 e. The van der Waals surface area contributed by atoms with Gasteiger partial charge in [-0.1, -0.05) is 67.4 Å². The third kappa shape index (κ3) is 10.1. The number of nitrogens with one attached hydrogen (secondary N) is 1. The zero-order chi connectivity index (χ0) is 30.5. The van der Waals surface area contributed by atoms with E-state index in [1.54, 1.807) is 48.4 Å². The van der Waals surface area contributed by atoms with Crippen LogP contribution >= 0.6 is 11.6 Å². The van der Waals surface area contributed by atoms with E-state index in [0.717, 1.165) is 30.2 Å². The number of ether oxygens (including phenoxy) is 1. The predicted molar refractivity (Wildman–Crippen MR) is 168 cm³/mol. The summed E-state index contributed by atoms with van der Waals surface area (Å²) >= 11 is 6.25. The van der Waals surface area contributed by atoms with Crippen molar-refractivity contribution in [3.05, 3.63) is 95.0 Å². The minimum absolute atomic E-state index is 0.0519. The maximum Gasteiger partial charge on any atom is 0.243 e. The predicted octanol–water partition coefficient (Wildman–Crippen LogP) is 5.45. The molecule has 0 aliphatic heterocycles. The highest BCUT2D eigenvalue weighted by molar-refractivity contribution is 7.92. The second-order valence-corrected chi connectivity index (χ2v) is 12.5. The molecule has 0 radical (unpaired) electrons. The quantitative estimate of drug-likeness (QED) is 0.217. The summed E-state index contributed by atoms with van der Waals surface area (Å²) < 4.78 is 31.7. The Morgan fingerprint density at radius 3 is 2.26 bits per heavy atom. The summed E-state index contributed by atoms with van der Waals surface area (Å²) in [6.45, 7) is 2.86. The number of halogens is 1. The van der Waals surface area contributed by atoms with E-state index in [1.807, 2.05) is 49.4 Å². The van der Waals surface area contributed by atoms with E-state index in [2.05, 4.69) is 5.32 Å². The van der Waals surface area contributed by atoms with Crippen LogP contribution in [0.2, 0.25) is 5.02 Å². The number of rotatable bonds is 16. The van der Waals surface area contributed by atoms with Crippen molar-refractivity contribution in [1.29, 1.82) is 0 Å². The number of unbranched alkanes of at least 4 members (excludes halogenated alkanes) is 1. The molecule has 0 saturated heterocycles. The molecule has 1 unspecified atom stereocenters. The number of hydrogen-bond donors (Lipinski definition) is 1. The van der Waals surface area contributed by atoms with E-state index >= 15 is 0 Å². The van der Waals surface area contributed by atoms with Crippen LogP contribution in [0.15, 0.2) is 78.9 Å². The number of methoxy groups -OCH3 is 1. The van der Waals surface area contributed by atoms with Gasteiger partial charge in [-0.05, 0) is 60.4 Å². The van der Waals surface area contributed by atoms with Crippen molar-refractivity contribution in [2.75, 3.05) is 30.8 Å². The van der Waals surface area contributed by atoms with Crippen molar-refractivity contribution < 1.29 is 22.7 Å². The molecular weight excluding hydrogens is 574 g/mol. The van der Waals surface area contributed by atoms with Crippen molar-refractivity contribution in [2.45, 2.75) is 51.6 Å². The van der Waals surface area contributed by atoms with Gasteiger partial charge in [0, 0.05) is 37.5 Å². The first-order chi connectivity index (χ1) is 20.1. The number of amides is 2. The van der Waals surface area contributed by atoms with Crippen LogP contribution in [0.4, 0.5) is 5.69 Å². The Bertz CT molecular complexity index is 1400. The molecule has 226 valence electrons. The fraction of sp³-hybridized carbons (Fsp3) is 0.375. The molecule has 3 aromatic rings. The molecule has 0 heterocycles. The summed E-state index contributed by atoms with van der Waals surface area (Å²) in [5, 5.41) is 3.54. The van der Waals surface area contributed by atoms with Gasteiger partial charge >= 0.3 is 0 Å². The van der Waals surface area contributed by atoms with Gasteiger partial charge in [0.1, 0.15) is 11.8 Å². The lowest BCUT2D eigenvalue weighted by Gasteiger charge is -2.32. The standard InChI is InChI=1S/C32H40ClN3O5S/c1-4-5-20-34-32(38)30(23-25-11-7-6-8-12-25)35(24-26-13-9-14-27(33)22-26)31(37)15-10-21-36(42(3,39)40)28-16-18-29(41-2)19-17-28/h6-9,11-14,16-19,22,30H,4-5,10,15,20-21,23-24H2,1-3H3,(H,34,38). The molecule has 0 aliphatic rings. The topological polar surface area (TPSA) is 96.0 Å². The Kier molecular flexibility index (Phi) is 12.7. The smallest absolute Gasteiger partial charge is 0.243 e. The highest BCUT2D eigenvalue weighted by Gasteiger charge is 2.30. The third-order valence-corrected chi connectivity index (χ3v) is 8.28. The Balaban J connectivity index is 1.86. The number of carbonyl (C=O) groups excluding carboxylic acids is 2. The zero-order valence-corrected chi connectivity index (χ0v) is 26.0. The highest BCUT2D eigenvalue weighted by atomic mass is 35.5. The first kappa shape index (κ1) is 32.9. The van der Waals surface area contributed by atoms with Crippen LogP contribution in [0, 0.1) is 0 Å². The van der Waals surface area contributed by atoms with E-state index in [4.69, 9.17) is 16.3 Å². The van der Waals surface area contributed by atoms with Crippen LogP contribution in [0.25, 0.3) is 0 Å². The van der Waals surface area contributed by atoms with E-state index in [1.165, 1.54) is 4.31 Å². The first-order valence-corrected chi connectivity index (χ1v) is 16.3. The number of anilines is 1. The SMILES string of the molecule is CCCCNC(=O)C(Cc1ccccc1)N(Cc1cccc(Cl)c1)C(=O)CCCN(c1ccc(OC)cc1)S(C)(=O)=O. The third-order valence-electron chi connectivity index (χ3n) is 6.86. The van der Waals surface area contributed by atoms with E-state index in [9.17, 15) is 18.0 Å². The lowest BCUT2D eigenvalue weighted by Crippen LogP contribution is -2.50. The van der Waals surface area contributed by atoms with Crippen molar-refractivity contribution in [3.63, 3.8) is 0 Å². The fourth-order valence-electron chi connectivity index (χ4n) is 4.64. The molecule has 1 N–H and O–H groups in total. The van der Waals surface area contributed by atoms with Gasteiger partial charge in [0.15, 0.2) is 0 Å². The minimum atomic E-state index is -3.60. The van der Waals surface area contributed by atoms with E-state index in [-0.39, 0.29) is 37.7 Å². The summed E-state index contributed by atoms with van der Waals surface area (Å²) in [5.74, 6) is 0.143. The molecule has 0 aliphatic carbocycles. The molecular formula is C32H40ClN3O5S. The van der Waals surface area contributed by atoms with Gasteiger partial charge < -0.3 is 15.0 Å². The molecule has 10 heteroatoms. The average molecular weight is 614 g/mol. The number of carbonyl (C=O) groups is 2. The normalized spacial score (nSPS) is 11.9. The Morgan fingerprint density at radius 1 is 0.952 bits per heavy atom. The summed E-state index contributed by atoms with van der Waals surface area (Å²) in [6.07, 6.45) is 3.56. The van der Waals surface area contributed by atoms with Crippen LogP contribution in [0.5, 0.6) is 5.75 Å². The van der Waals surface area contributed by atoms with Gasteiger partial charge in [0.05, 0.1) is 19.1 Å². The summed E-state index contributed by atoms with van der Waals surface area (Å²) in [7, 11) is -2.06. The molecule has 0 saturated carbocycles. The molecule has 0 spiro atoms. The maximum atomic E-state index is 13.9. The molecule has 0 aromatic heterocycles. The first-order valence-electron chi connectivity index (χ1n) is 14.1. The minimum Gasteiger partial charge on any atom is -0.497 e. The van der Waals surface area contributed by atoms with Gasteiger partial charge in [-0.2, -0.15) is 0 Å². The van der Waals surface area contributed by atoms with Crippen molar-refractivity contribution in [3.8, 4) is 5.75 Å². The van der Waals surface area contributed by atoms with Crippen LogP contribution in [0.1, 0.15) is 43.7 Å².